The zero-order valence-electron chi connectivity index (χ0n) is 9.76. The fraction of sp³-hybridized carbons (Fsp3) is 0.231. The summed E-state index contributed by atoms with van der Waals surface area (Å²) < 4.78 is 2.08. The second kappa shape index (κ2) is 3.88. The highest BCUT2D eigenvalue weighted by molar-refractivity contribution is 7.99. The summed E-state index contributed by atoms with van der Waals surface area (Å²) in [5.41, 5.74) is 4.85. The van der Waals surface area contributed by atoms with Crippen LogP contribution in [0.4, 0.5) is 5.69 Å². The van der Waals surface area contributed by atoms with Crippen molar-refractivity contribution in [2.45, 2.75) is 6.42 Å². The molecule has 0 aliphatic carbocycles. The maximum atomic E-state index is 4.30. The van der Waals surface area contributed by atoms with Crippen molar-refractivity contribution >= 4 is 23.0 Å². The second-order valence-corrected chi connectivity index (χ2v) is 5.53. The number of allylic oxidation sites excluding steroid dienone is 1. The molecule has 0 saturated carbocycles. The lowest BCUT2D eigenvalue weighted by atomic mass is 10.1. The molecule has 2 aromatic rings. The van der Waals surface area contributed by atoms with Gasteiger partial charge in [-0.05, 0) is 24.3 Å². The minimum absolute atomic E-state index is 0.981. The molecule has 0 radical (unpaired) electrons. The normalized spacial score (nSPS) is 17.3. The van der Waals surface area contributed by atoms with E-state index in [9.17, 15) is 0 Å². The first-order chi connectivity index (χ1) is 8.93. The van der Waals surface area contributed by atoms with Gasteiger partial charge in [0.2, 0.25) is 0 Å². The molecule has 5 heteroatoms. The third kappa shape index (κ3) is 1.40. The lowest BCUT2D eigenvalue weighted by Crippen LogP contribution is -2.10. The highest BCUT2D eigenvalue weighted by atomic mass is 32.2. The van der Waals surface area contributed by atoms with E-state index in [0.717, 1.165) is 29.4 Å². The van der Waals surface area contributed by atoms with Gasteiger partial charge in [-0.1, -0.05) is 12.1 Å². The Labute approximate surface area is 109 Å². The van der Waals surface area contributed by atoms with Crippen molar-refractivity contribution in [1.29, 1.82) is 0 Å². The van der Waals surface area contributed by atoms with Gasteiger partial charge < -0.3 is 5.32 Å². The van der Waals surface area contributed by atoms with Crippen LogP contribution in [0.2, 0.25) is 0 Å². The van der Waals surface area contributed by atoms with Gasteiger partial charge in [0, 0.05) is 17.0 Å². The maximum Gasteiger partial charge on any atom is 0.166 e. The largest absolute Gasteiger partial charge is 0.357 e. The van der Waals surface area contributed by atoms with Crippen molar-refractivity contribution in [2.24, 2.45) is 0 Å². The molecule has 2 aliphatic rings. The molecular formula is C13H12N4S. The van der Waals surface area contributed by atoms with Crippen molar-refractivity contribution in [3.8, 4) is 5.69 Å². The molecule has 90 valence electrons. The number of rotatable bonds is 0. The Morgan fingerprint density at radius 1 is 1.28 bits per heavy atom. The fourth-order valence-electron chi connectivity index (χ4n) is 2.49. The third-order valence-electron chi connectivity index (χ3n) is 3.37. The van der Waals surface area contributed by atoms with E-state index in [4.69, 9.17) is 0 Å². The van der Waals surface area contributed by atoms with Crippen molar-refractivity contribution in [3.63, 3.8) is 0 Å². The first-order valence-corrected chi connectivity index (χ1v) is 7.15. The lowest BCUT2D eigenvalue weighted by molar-refractivity contribution is 1.02. The van der Waals surface area contributed by atoms with Gasteiger partial charge in [0.05, 0.1) is 11.4 Å². The fourth-order valence-corrected chi connectivity index (χ4v) is 3.49. The van der Waals surface area contributed by atoms with Gasteiger partial charge in [0.15, 0.2) is 5.82 Å². The quantitative estimate of drug-likeness (QED) is 0.786. The van der Waals surface area contributed by atoms with Crippen LogP contribution in [0, 0.1) is 0 Å². The first kappa shape index (κ1) is 10.2. The molecule has 3 heterocycles. The van der Waals surface area contributed by atoms with E-state index in [-0.39, 0.29) is 0 Å². The molecule has 2 aliphatic heterocycles. The zero-order chi connectivity index (χ0) is 11.9. The smallest absolute Gasteiger partial charge is 0.166 e. The molecule has 0 amide bonds. The molecule has 18 heavy (non-hydrogen) atoms. The van der Waals surface area contributed by atoms with Gasteiger partial charge >= 0.3 is 0 Å². The number of para-hydroxylation sites is 2. The molecular weight excluding hydrogens is 244 g/mol. The van der Waals surface area contributed by atoms with Crippen LogP contribution in [-0.4, -0.2) is 26.3 Å². The predicted octanol–water partition coefficient (Wildman–Crippen LogP) is 2.54. The van der Waals surface area contributed by atoms with Crippen molar-refractivity contribution in [1.82, 2.24) is 14.8 Å². The van der Waals surface area contributed by atoms with Crippen molar-refractivity contribution in [3.05, 3.63) is 42.1 Å². The maximum absolute atomic E-state index is 4.30. The topological polar surface area (TPSA) is 42.7 Å². The Hall–Kier alpha value is -1.75. The van der Waals surface area contributed by atoms with E-state index in [2.05, 4.69) is 38.3 Å². The SMILES string of the molecule is c1ccc2c(c1)NC1=C(CSCC1)c1nncn1-2. The Morgan fingerprint density at radius 2 is 2.22 bits per heavy atom. The lowest BCUT2D eigenvalue weighted by Gasteiger charge is -2.18. The van der Waals surface area contributed by atoms with E-state index < -0.39 is 0 Å². The summed E-state index contributed by atoms with van der Waals surface area (Å²) in [6.07, 6.45) is 2.87. The minimum Gasteiger partial charge on any atom is -0.357 e. The number of nitrogens with zero attached hydrogens (tertiary/aromatic N) is 3. The van der Waals surface area contributed by atoms with Crippen LogP contribution in [0.5, 0.6) is 0 Å². The molecule has 0 saturated heterocycles. The summed E-state index contributed by atoms with van der Waals surface area (Å²) in [7, 11) is 0. The number of benzene rings is 1. The van der Waals surface area contributed by atoms with Gasteiger partial charge in [-0.3, -0.25) is 4.57 Å². The van der Waals surface area contributed by atoms with Crippen LogP contribution < -0.4 is 5.32 Å². The van der Waals surface area contributed by atoms with E-state index in [1.54, 1.807) is 6.33 Å². The summed E-state index contributed by atoms with van der Waals surface area (Å²) in [4.78, 5) is 0. The number of hydrogen-bond acceptors (Lipinski definition) is 4. The minimum atomic E-state index is 0.981. The Morgan fingerprint density at radius 3 is 3.22 bits per heavy atom. The van der Waals surface area contributed by atoms with Gasteiger partial charge in [-0.25, -0.2) is 0 Å². The number of anilines is 1. The van der Waals surface area contributed by atoms with Crippen LogP contribution in [0.3, 0.4) is 0 Å². The van der Waals surface area contributed by atoms with E-state index >= 15 is 0 Å². The van der Waals surface area contributed by atoms with Crippen molar-refractivity contribution < 1.29 is 0 Å². The first-order valence-electron chi connectivity index (χ1n) is 6.00. The summed E-state index contributed by atoms with van der Waals surface area (Å²) in [5, 5.41) is 12.0. The highest BCUT2D eigenvalue weighted by Gasteiger charge is 2.24. The summed E-state index contributed by atoms with van der Waals surface area (Å²) >= 11 is 1.96. The third-order valence-corrected chi connectivity index (χ3v) is 4.36. The summed E-state index contributed by atoms with van der Waals surface area (Å²) in [5.74, 6) is 3.16. The van der Waals surface area contributed by atoms with Crippen LogP contribution in [0.15, 0.2) is 36.3 Å². The second-order valence-electron chi connectivity index (χ2n) is 4.43. The van der Waals surface area contributed by atoms with Crippen molar-refractivity contribution in [2.75, 3.05) is 16.8 Å². The van der Waals surface area contributed by atoms with Crippen LogP contribution >= 0.6 is 11.8 Å². The standard InChI is InChI=1S/C13H12N4S/c1-2-4-12-11(3-1)15-10-5-6-18-7-9(10)13-16-14-8-17(12)13/h1-4,8,15H,5-7H2. The van der Waals surface area contributed by atoms with Crippen LogP contribution in [0.1, 0.15) is 12.2 Å². The number of nitrogens with one attached hydrogen (secondary N) is 1. The van der Waals surface area contributed by atoms with Gasteiger partial charge in [0.25, 0.3) is 0 Å². The number of hydrogen-bond donors (Lipinski definition) is 1. The molecule has 0 unspecified atom stereocenters. The van der Waals surface area contributed by atoms with E-state index in [1.807, 2.05) is 17.8 Å². The molecule has 1 aromatic carbocycles. The van der Waals surface area contributed by atoms with E-state index in [1.165, 1.54) is 17.0 Å². The Kier molecular flexibility index (Phi) is 2.20. The van der Waals surface area contributed by atoms with Gasteiger partial charge in [0.1, 0.15) is 6.33 Å². The number of fused-ring (bicyclic) bond motifs is 4. The van der Waals surface area contributed by atoms with E-state index in [0.29, 0.717) is 0 Å². The summed E-state index contributed by atoms with van der Waals surface area (Å²) in [6.45, 7) is 0. The molecule has 1 N–H and O–H groups in total. The molecule has 0 bridgehead atoms. The molecule has 4 nitrogen and oxygen atoms in total. The monoisotopic (exact) mass is 256 g/mol. The molecule has 1 aromatic heterocycles. The average Bonchev–Trinajstić information content (AvgIpc) is 2.84. The molecule has 4 rings (SSSR count). The number of aromatic nitrogens is 3. The molecule has 0 atom stereocenters. The highest BCUT2D eigenvalue weighted by Crippen LogP contribution is 2.36. The number of thioether (sulfide) groups is 1. The van der Waals surface area contributed by atoms with Gasteiger partial charge in [-0.15, -0.1) is 10.2 Å². The average molecular weight is 256 g/mol. The Bertz CT molecular complexity index is 644. The van der Waals surface area contributed by atoms with Crippen LogP contribution in [0.25, 0.3) is 11.3 Å². The zero-order valence-corrected chi connectivity index (χ0v) is 10.6. The summed E-state index contributed by atoms with van der Waals surface area (Å²) in [6, 6.07) is 8.31. The van der Waals surface area contributed by atoms with Crippen LogP contribution in [-0.2, 0) is 0 Å². The van der Waals surface area contributed by atoms with Gasteiger partial charge in [-0.2, -0.15) is 11.8 Å². The predicted molar refractivity (Wildman–Crippen MR) is 73.8 cm³/mol. The Balaban J connectivity index is 2.01. The molecule has 0 fully saturated rings. The molecule has 0 spiro atoms.